The fourth-order valence-electron chi connectivity index (χ4n) is 1.87. The maximum absolute atomic E-state index is 11.7. The molecule has 2 aromatic rings. The summed E-state index contributed by atoms with van der Waals surface area (Å²) < 4.78 is 10.4. The molecule has 1 aromatic heterocycles. The Kier molecular flexibility index (Phi) is 4.98. The van der Waals surface area contributed by atoms with Crippen LogP contribution < -0.4 is 10.1 Å². The Balaban J connectivity index is 1.70. The van der Waals surface area contributed by atoms with Gasteiger partial charge in [-0.25, -0.2) is 0 Å². The molecule has 0 saturated heterocycles. The number of aromatic nitrogens is 1. The SMILES string of the molecule is Cc1cc(CCNC(=O)COc2ccc(C)c(C)c2)no1. The highest BCUT2D eigenvalue weighted by molar-refractivity contribution is 5.77. The van der Waals surface area contributed by atoms with E-state index in [4.69, 9.17) is 9.26 Å². The second-order valence-corrected chi connectivity index (χ2v) is 5.06. The second-order valence-electron chi connectivity index (χ2n) is 5.06. The van der Waals surface area contributed by atoms with Crippen molar-refractivity contribution in [1.29, 1.82) is 0 Å². The molecule has 1 amide bonds. The van der Waals surface area contributed by atoms with E-state index < -0.39 is 0 Å². The average molecular weight is 288 g/mol. The predicted octanol–water partition coefficient (Wildman–Crippen LogP) is 2.34. The number of carbonyl (C=O) groups excluding carboxylic acids is 1. The third-order valence-electron chi connectivity index (χ3n) is 3.23. The van der Waals surface area contributed by atoms with Gasteiger partial charge in [0.15, 0.2) is 6.61 Å². The molecule has 5 nitrogen and oxygen atoms in total. The zero-order valence-electron chi connectivity index (χ0n) is 12.6. The first-order valence-electron chi connectivity index (χ1n) is 6.93. The van der Waals surface area contributed by atoms with Crippen molar-refractivity contribution < 1.29 is 14.1 Å². The van der Waals surface area contributed by atoms with E-state index in [1.54, 1.807) is 0 Å². The highest BCUT2D eigenvalue weighted by Gasteiger charge is 2.05. The van der Waals surface area contributed by atoms with Crippen molar-refractivity contribution >= 4 is 5.91 Å². The minimum absolute atomic E-state index is 0.0142. The Bertz CT molecular complexity index is 620. The van der Waals surface area contributed by atoms with E-state index in [2.05, 4.69) is 10.5 Å². The number of nitrogens with zero attached hydrogens (tertiary/aromatic N) is 1. The van der Waals surface area contributed by atoms with Crippen molar-refractivity contribution in [1.82, 2.24) is 10.5 Å². The number of hydrogen-bond donors (Lipinski definition) is 1. The van der Waals surface area contributed by atoms with Crippen LogP contribution in [0.4, 0.5) is 0 Å². The van der Waals surface area contributed by atoms with Gasteiger partial charge in [-0.1, -0.05) is 11.2 Å². The van der Waals surface area contributed by atoms with Crippen LogP contribution in [0.15, 0.2) is 28.8 Å². The zero-order chi connectivity index (χ0) is 15.2. The van der Waals surface area contributed by atoms with Crippen LogP contribution in [0.3, 0.4) is 0 Å². The van der Waals surface area contributed by atoms with Gasteiger partial charge in [0.1, 0.15) is 11.5 Å². The Labute approximate surface area is 124 Å². The van der Waals surface area contributed by atoms with Gasteiger partial charge in [-0.2, -0.15) is 0 Å². The van der Waals surface area contributed by atoms with Crippen LogP contribution in [0.5, 0.6) is 5.75 Å². The number of nitrogens with one attached hydrogen (secondary N) is 1. The quantitative estimate of drug-likeness (QED) is 0.886. The van der Waals surface area contributed by atoms with Gasteiger partial charge >= 0.3 is 0 Å². The highest BCUT2D eigenvalue weighted by atomic mass is 16.5. The first-order chi connectivity index (χ1) is 10.0. The van der Waals surface area contributed by atoms with Crippen LogP contribution >= 0.6 is 0 Å². The maximum Gasteiger partial charge on any atom is 0.257 e. The monoisotopic (exact) mass is 288 g/mol. The lowest BCUT2D eigenvalue weighted by Crippen LogP contribution is -2.30. The molecule has 0 atom stereocenters. The van der Waals surface area contributed by atoms with Crippen LogP contribution in [0.2, 0.25) is 0 Å². The number of ether oxygens (including phenoxy) is 1. The molecule has 0 aliphatic carbocycles. The summed E-state index contributed by atoms with van der Waals surface area (Å²) in [4.78, 5) is 11.7. The van der Waals surface area contributed by atoms with Crippen molar-refractivity contribution in [3.63, 3.8) is 0 Å². The molecule has 2 rings (SSSR count). The molecule has 5 heteroatoms. The Hall–Kier alpha value is -2.30. The normalized spacial score (nSPS) is 10.4. The van der Waals surface area contributed by atoms with Crippen LogP contribution in [0.1, 0.15) is 22.6 Å². The molecule has 1 N–H and O–H groups in total. The largest absolute Gasteiger partial charge is 0.484 e. The molecule has 21 heavy (non-hydrogen) atoms. The smallest absolute Gasteiger partial charge is 0.257 e. The fourth-order valence-corrected chi connectivity index (χ4v) is 1.87. The van der Waals surface area contributed by atoms with E-state index in [0.717, 1.165) is 17.0 Å². The van der Waals surface area contributed by atoms with Crippen LogP contribution in [0.25, 0.3) is 0 Å². The molecule has 1 aromatic carbocycles. The molecule has 0 aliphatic rings. The summed E-state index contributed by atoms with van der Waals surface area (Å²) in [5, 5.41) is 6.66. The molecule has 0 saturated carbocycles. The maximum atomic E-state index is 11.7. The standard InChI is InChI=1S/C16H20N2O3/c1-11-4-5-15(8-12(11)2)20-10-16(19)17-7-6-14-9-13(3)21-18-14/h4-5,8-9H,6-7,10H2,1-3H3,(H,17,19). The first-order valence-corrected chi connectivity index (χ1v) is 6.93. The molecule has 112 valence electrons. The zero-order valence-corrected chi connectivity index (χ0v) is 12.6. The van der Waals surface area contributed by atoms with Crippen molar-refractivity contribution in [2.45, 2.75) is 27.2 Å². The lowest BCUT2D eigenvalue weighted by Gasteiger charge is -2.08. The Morgan fingerprint density at radius 3 is 2.71 bits per heavy atom. The Morgan fingerprint density at radius 1 is 1.24 bits per heavy atom. The van der Waals surface area contributed by atoms with Gasteiger partial charge in [-0.15, -0.1) is 0 Å². The minimum atomic E-state index is -0.145. The molecule has 0 bridgehead atoms. The van der Waals surface area contributed by atoms with Crippen molar-refractivity contribution in [2.75, 3.05) is 13.2 Å². The van der Waals surface area contributed by atoms with Crippen molar-refractivity contribution in [2.24, 2.45) is 0 Å². The molecule has 0 aliphatic heterocycles. The summed E-state index contributed by atoms with van der Waals surface area (Å²) in [6.07, 6.45) is 0.646. The number of carbonyl (C=O) groups is 1. The molecule has 0 unspecified atom stereocenters. The van der Waals surface area contributed by atoms with Crippen LogP contribution in [0, 0.1) is 20.8 Å². The molecule has 0 radical (unpaired) electrons. The number of aryl methyl sites for hydroxylation is 3. The fraction of sp³-hybridized carbons (Fsp3) is 0.375. The molecule has 1 heterocycles. The van der Waals surface area contributed by atoms with Gasteiger partial charge in [0.25, 0.3) is 5.91 Å². The van der Waals surface area contributed by atoms with E-state index in [-0.39, 0.29) is 12.5 Å². The first kappa shape index (κ1) is 15.1. The summed E-state index contributed by atoms with van der Waals surface area (Å²) in [7, 11) is 0. The summed E-state index contributed by atoms with van der Waals surface area (Å²) >= 11 is 0. The predicted molar refractivity (Wildman–Crippen MR) is 79.4 cm³/mol. The van der Waals surface area contributed by atoms with E-state index in [1.807, 2.05) is 45.0 Å². The van der Waals surface area contributed by atoms with Crippen molar-refractivity contribution in [3.8, 4) is 5.75 Å². The van der Waals surface area contributed by atoms with Crippen LogP contribution in [-0.4, -0.2) is 24.2 Å². The summed E-state index contributed by atoms with van der Waals surface area (Å²) in [6, 6.07) is 7.64. The Morgan fingerprint density at radius 2 is 2.05 bits per heavy atom. The second kappa shape index (κ2) is 6.92. The summed E-state index contributed by atoms with van der Waals surface area (Å²) in [6.45, 7) is 6.42. The molecule has 0 fully saturated rings. The van der Waals surface area contributed by atoms with Gasteiger partial charge in [-0.3, -0.25) is 4.79 Å². The van der Waals surface area contributed by atoms with Gasteiger partial charge in [0.05, 0.1) is 5.69 Å². The molecular weight excluding hydrogens is 268 g/mol. The molecule has 0 spiro atoms. The van der Waals surface area contributed by atoms with Crippen LogP contribution in [-0.2, 0) is 11.2 Å². The number of hydrogen-bond acceptors (Lipinski definition) is 4. The summed E-state index contributed by atoms with van der Waals surface area (Å²) in [5.74, 6) is 1.34. The average Bonchev–Trinajstić information content (AvgIpc) is 2.86. The van der Waals surface area contributed by atoms with E-state index in [0.29, 0.717) is 18.7 Å². The highest BCUT2D eigenvalue weighted by Crippen LogP contribution is 2.16. The number of benzene rings is 1. The van der Waals surface area contributed by atoms with E-state index in [1.165, 1.54) is 5.56 Å². The number of rotatable bonds is 6. The third-order valence-corrected chi connectivity index (χ3v) is 3.23. The number of amides is 1. The summed E-state index contributed by atoms with van der Waals surface area (Å²) in [5.41, 5.74) is 3.19. The molecular formula is C16H20N2O3. The lowest BCUT2D eigenvalue weighted by molar-refractivity contribution is -0.123. The van der Waals surface area contributed by atoms with Gasteiger partial charge < -0.3 is 14.6 Å². The van der Waals surface area contributed by atoms with Gasteiger partial charge in [0, 0.05) is 19.0 Å². The van der Waals surface area contributed by atoms with E-state index >= 15 is 0 Å². The van der Waals surface area contributed by atoms with Crippen molar-refractivity contribution in [3.05, 3.63) is 46.8 Å². The minimum Gasteiger partial charge on any atom is -0.484 e. The topological polar surface area (TPSA) is 64.4 Å². The third kappa shape index (κ3) is 4.63. The van der Waals surface area contributed by atoms with Gasteiger partial charge in [0.2, 0.25) is 0 Å². The van der Waals surface area contributed by atoms with E-state index in [9.17, 15) is 4.79 Å². The lowest BCUT2D eigenvalue weighted by atomic mass is 10.1. The van der Waals surface area contributed by atoms with Gasteiger partial charge in [-0.05, 0) is 44.0 Å².